The average molecular weight is 359 g/mol. The quantitative estimate of drug-likeness (QED) is 0.696. The molecule has 8 nitrogen and oxygen atoms in total. The molecule has 18 heavy (non-hydrogen) atoms. The first-order valence-corrected chi connectivity index (χ1v) is 5.73. The molecule has 0 atom stereocenters. The second-order valence-electron chi connectivity index (χ2n) is 3.18. The van der Waals surface area contributed by atoms with E-state index in [1.807, 2.05) is 22.6 Å². The summed E-state index contributed by atoms with van der Waals surface area (Å²) in [6, 6.07) is 4.64. The Hall–Kier alpha value is -2.04. The van der Waals surface area contributed by atoms with Gasteiger partial charge in [-0.15, -0.1) is 10.2 Å². The predicted molar refractivity (Wildman–Crippen MR) is 68.2 cm³/mol. The van der Waals surface area contributed by atoms with Crippen molar-refractivity contribution in [2.45, 2.75) is 0 Å². The zero-order chi connectivity index (χ0) is 13.1. The lowest BCUT2D eigenvalue weighted by Crippen LogP contribution is -2.16. The molecule has 2 rings (SSSR count). The number of aromatic nitrogens is 4. The number of nitrogens with zero attached hydrogens (tertiary/aromatic N) is 3. The summed E-state index contributed by atoms with van der Waals surface area (Å²) in [6.07, 6.45) is 0. The van der Waals surface area contributed by atoms with Crippen LogP contribution in [0.5, 0.6) is 0 Å². The largest absolute Gasteiger partial charge is 0.478 e. The number of anilines is 1. The van der Waals surface area contributed by atoms with Crippen molar-refractivity contribution in [3.8, 4) is 0 Å². The Balaban J connectivity index is 2.29. The van der Waals surface area contributed by atoms with E-state index in [0.717, 1.165) is 3.57 Å². The zero-order valence-electron chi connectivity index (χ0n) is 8.72. The van der Waals surface area contributed by atoms with Crippen molar-refractivity contribution in [1.82, 2.24) is 20.6 Å². The smallest absolute Gasteiger partial charge is 0.337 e. The number of carbonyl (C=O) groups is 2. The summed E-state index contributed by atoms with van der Waals surface area (Å²) in [6.45, 7) is 0. The Kier molecular flexibility index (Phi) is 3.50. The summed E-state index contributed by atoms with van der Waals surface area (Å²) in [4.78, 5) is 22.7. The molecule has 1 heterocycles. The second kappa shape index (κ2) is 5.08. The van der Waals surface area contributed by atoms with Crippen molar-refractivity contribution in [2.75, 3.05) is 5.32 Å². The van der Waals surface area contributed by atoms with Crippen LogP contribution in [0.2, 0.25) is 0 Å². The Labute approximate surface area is 114 Å². The van der Waals surface area contributed by atoms with E-state index in [1.54, 1.807) is 6.07 Å². The van der Waals surface area contributed by atoms with Crippen LogP contribution in [0.3, 0.4) is 0 Å². The Bertz CT molecular complexity index is 598. The molecule has 1 amide bonds. The third-order valence-corrected chi connectivity index (χ3v) is 2.68. The van der Waals surface area contributed by atoms with Crippen molar-refractivity contribution in [2.24, 2.45) is 0 Å². The maximum absolute atomic E-state index is 11.6. The van der Waals surface area contributed by atoms with E-state index in [9.17, 15) is 9.59 Å². The number of amides is 1. The third-order valence-electron chi connectivity index (χ3n) is 2.01. The van der Waals surface area contributed by atoms with Gasteiger partial charge >= 0.3 is 5.97 Å². The first-order valence-electron chi connectivity index (χ1n) is 4.65. The molecule has 0 bridgehead atoms. The number of tetrazole rings is 1. The normalized spacial score (nSPS) is 10.1. The standard InChI is InChI=1S/C9H6IN5O3/c10-4-1-2-6(5(3-4)9(17)18)11-8(16)7-12-14-15-13-7/h1-3H,(H,11,16)(H,17,18)(H,12,13,14,15). The van der Waals surface area contributed by atoms with Gasteiger partial charge in [0.2, 0.25) is 0 Å². The number of halogens is 1. The predicted octanol–water partition coefficient (Wildman–Crippen LogP) is 0.755. The van der Waals surface area contributed by atoms with E-state index < -0.39 is 11.9 Å². The molecule has 9 heteroatoms. The molecular formula is C9H6IN5O3. The van der Waals surface area contributed by atoms with Crippen molar-refractivity contribution >= 4 is 40.2 Å². The summed E-state index contributed by atoms with van der Waals surface area (Å²) in [5, 5.41) is 23.8. The van der Waals surface area contributed by atoms with E-state index in [-0.39, 0.29) is 17.1 Å². The van der Waals surface area contributed by atoms with E-state index in [4.69, 9.17) is 5.11 Å². The van der Waals surface area contributed by atoms with Crippen molar-refractivity contribution < 1.29 is 14.7 Å². The Morgan fingerprint density at radius 3 is 2.78 bits per heavy atom. The van der Waals surface area contributed by atoms with Gasteiger partial charge in [0.1, 0.15) is 0 Å². The topological polar surface area (TPSA) is 121 Å². The van der Waals surface area contributed by atoms with Gasteiger partial charge in [0.15, 0.2) is 0 Å². The first-order chi connectivity index (χ1) is 8.58. The van der Waals surface area contributed by atoms with Gasteiger partial charge in [-0.1, -0.05) is 0 Å². The van der Waals surface area contributed by atoms with Gasteiger partial charge in [-0.3, -0.25) is 4.79 Å². The summed E-state index contributed by atoms with van der Waals surface area (Å²) >= 11 is 1.98. The lowest BCUT2D eigenvalue weighted by atomic mass is 10.2. The molecule has 0 unspecified atom stereocenters. The minimum Gasteiger partial charge on any atom is -0.478 e. The maximum atomic E-state index is 11.6. The molecule has 0 saturated carbocycles. The minimum atomic E-state index is -1.13. The number of benzene rings is 1. The number of H-pyrrole nitrogens is 1. The number of aromatic amines is 1. The van der Waals surface area contributed by atoms with Crippen LogP contribution in [0, 0.1) is 3.57 Å². The molecule has 0 radical (unpaired) electrons. The first kappa shape index (κ1) is 12.4. The zero-order valence-corrected chi connectivity index (χ0v) is 10.9. The van der Waals surface area contributed by atoms with Gasteiger partial charge in [0.05, 0.1) is 11.3 Å². The van der Waals surface area contributed by atoms with Crippen LogP contribution in [0.1, 0.15) is 21.0 Å². The maximum Gasteiger partial charge on any atom is 0.337 e. The lowest BCUT2D eigenvalue weighted by molar-refractivity contribution is 0.0698. The summed E-state index contributed by atoms with van der Waals surface area (Å²) in [7, 11) is 0. The summed E-state index contributed by atoms with van der Waals surface area (Å²) in [5.41, 5.74) is 0.177. The monoisotopic (exact) mass is 359 g/mol. The van der Waals surface area contributed by atoms with Gasteiger partial charge in [-0.05, 0) is 46.0 Å². The van der Waals surface area contributed by atoms with Crippen molar-refractivity contribution in [3.63, 3.8) is 0 Å². The van der Waals surface area contributed by atoms with E-state index >= 15 is 0 Å². The van der Waals surface area contributed by atoms with Crippen LogP contribution in [-0.4, -0.2) is 37.6 Å². The minimum absolute atomic E-state index is 0.00116. The van der Waals surface area contributed by atoms with Crippen LogP contribution >= 0.6 is 22.6 Å². The number of aromatic carboxylic acids is 1. The fourth-order valence-electron chi connectivity index (χ4n) is 1.24. The SMILES string of the molecule is O=C(Nc1ccc(I)cc1C(=O)O)c1nn[nH]n1. The number of carbonyl (C=O) groups excluding carboxylic acids is 1. The van der Waals surface area contributed by atoms with Crippen LogP contribution in [0.4, 0.5) is 5.69 Å². The average Bonchev–Trinajstić information content (AvgIpc) is 2.84. The number of carboxylic acids is 1. The van der Waals surface area contributed by atoms with Crippen LogP contribution in [-0.2, 0) is 0 Å². The molecular weight excluding hydrogens is 353 g/mol. The molecule has 92 valence electrons. The highest BCUT2D eigenvalue weighted by molar-refractivity contribution is 14.1. The van der Waals surface area contributed by atoms with Crippen LogP contribution in [0.25, 0.3) is 0 Å². The number of rotatable bonds is 3. The lowest BCUT2D eigenvalue weighted by Gasteiger charge is -2.06. The van der Waals surface area contributed by atoms with Gasteiger partial charge in [0, 0.05) is 3.57 Å². The summed E-state index contributed by atoms with van der Waals surface area (Å²) < 4.78 is 0.752. The van der Waals surface area contributed by atoms with E-state index in [0.29, 0.717) is 0 Å². The van der Waals surface area contributed by atoms with Crippen molar-refractivity contribution in [1.29, 1.82) is 0 Å². The Morgan fingerprint density at radius 2 is 2.17 bits per heavy atom. The molecule has 1 aromatic carbocycles. The molecule has 0 fully saturated rings. The van der Waals surface area contributed by atoms with Crippen LogP contribution < -0.4 is 5.32 Å². The van der Waals surface area contributed by atoms with E-state index in [2.05, 4.69) is 25.9 Å². The molecule has 2 aromatic rings. The highest BCUT2D eigenvalue weighted by Crippen LogP contribution is 2.19. The molecule has 1 aromatic heterocycles. The third kappa shape index (κ3) is 2.61. The fourth-order valence-corrected chi connectivity index (χ4v) is 1.73. The fraction of sp³-hybridized carbons (Fsp3) is 0. The molecule has 3 N–H and O–H groups in total. The molecule has 0 aliphatic rings. The molecule has 0 spiro atoms. The van der Waals surface area contributed by atoms with Crippen molar-refractivity contribution in [3.05, 3.63) is 33.2 Å². The second-order valence-corrected chi connectivity index (χ2v) is 4.43. The van der Waals surface area contributed by atoms with E-state index in [1.165, 1.54) is 12.1 Å². The van der Waals surface area contributed by atoms with Crippen LogP contribution in [0.15, 0.2) is 18.2 Å². The van der Waals surface area contributed by atoms with Gasteiger partial charge in [0.25, 0.3) is 11.7 Å². The van der Waals surface area contributed by atoms with Gasteiger partial charge in [-0.25, -0.2) is 4.79 Å². The molecule has 0 aliphatic heterocycles. The Morgan fingerprint density at radius 1 is 1.39 bits per heavy atom. The number of carboxylic acid groups (broad SMARTS) is 1. The van der Waals surface area contributed by atoms with Gasteiger partial charge in [-0.2, -0.15) is 5.21 Å². The number of hydrogen-bond acceptors (Lipinski definition) is 5. The highest BCUT2D eigenvalue weighted by Gasteiger charge is 2.16. The van der Waals surface area contributed by atoms with Gasteiger partial charge < -0.3 is 10.4 Å². The molecule has 0 aliphatic carbocycles. The number of nitrogens with one attached hydrogen (secondary N) is 2. The summed E-state index contributed by atoms with van der Waals surface area (Å²) in [5.74, 6) is -1.92. The number of hydrogen-bond donors (Lipinski definition) is 3. The molecule has 0 saturated heterocycles. The highest BCUT2D eigenvalue weighted by atomic mass is 127.